The average Bonchev–Trinajstić information content (AvgIpc) is 3.09. The summed E-state index contributed by atoms with van der Waals surface area (Å²) in [5, 5.41) is 8.14. The molecule has 0 saturated carbocycles. The lowest BCUT2D eigenvalue weighted by molar-refractivity contribution is 0.105. The first-order chi connectivity index (χ1) is 24.2. The Morgan fingerprint density at radius 1 is 0.647 bits per heavy atom. The van der Waals surface area contributed by atoms with Crippen molar-refractivity contribution in [2.75, 3.05) is 30.8 Å². The molecule has 0 spiro atoms. The number of carbonyl (C=O) groups is 2. The molecule has 0 atom stereocenters. The molecular weight excluding hydrogens is 703 g/mol. The maximum Gasteiger partial charge on any atom is 0.296 e. The van der Waals surface area contributed by atoms with Gasteiger partial charge in [0.15, 0.2) is 5.71 Å². The Balaban J connectivity index is 1.27. The zero-order chi connectivity index (χ0) is 36.7. The average molecular weight is 730 g/mol. The van der Waals surface area contributed by atoms with Crippen LogP contribution in [-0.2, 0) is 20.2 Å². The molecule has 0 saturated heterocycles. The van der Waals surface area contributed by atoms with Gasteiger partial charge in [-0.2, -0.15) is 27.0 Å². The number of Topliss-reactive ketones (excluding diaryl/α,β-unsaturated/α-hetero) is 2. The number of benzene rings is 4. The predicted molar refractivity (Wildman–Crippen MR) is 192 cm³/mol. The number of nitrogen functional groups attached to an aromatic ring is 1. The Bertz CT molecular complexity index is 2510. The highest BCUT2D eigenvalue weighted by Gasteiger charge is 2.33. The van der Waals surface area contributed by atoms with Crippen LogP contribution in [0, 0.1) is 0 Å². The molecule has 0 amide bonds. The van der Waals surface area contributed by atoms with Gasteiger partial charge in [0.1, 0.15) is 27.0 Å². The van der Waals surface area contributed by atoms with Crippen molar-refractivity contribution in [3.63, 3.8) is 0 Å². The molecule has 4 aromatic rings. The summed E-state index contributed by atoms with van der Waals surface area (Å²) in [5.41, 5.74) is 13.0. The number of hydrogen-bond acceptors (Lipinski definition) is 13. The predicted octanol–water partition coefficient (Wildman–Crippen LogP) is 4.74. The van der Waals surface area contributed by atoms with E-state index in [-0.39, 0.29) is 39.4 Å². The van der Waals surface area contributed by atoms with Crippen LogP contribution in [-0.4, -0.2) is 63.2 Å². The minimum atomic E-state index is -4.85. The van der Waals surface area contributed by atoms with E-state index in [1.54, 1.807) is 48.5 Å². The van der Waals surface area contributed by atoms with Gasteiger partial charge in [-0.1, -0.05) is 36.4 Å². The molecule has 0 radical (unpaired) electrons. The van der Waals surface area contributed by atoms with E-state index in [0.29, 0.717) is 28.3 Å². The first kappa shape index (κ1) is 34.7. The fraction of sp³-hybridized carbons (Fsp3) is 0.0588. The summed E-state index contributed by atoms with van der Waals surface area (Å²) < 4.78 is 79.1. The van der Waals surface area contributed by atoms with Gasteiger partial charge in [0.05, 0.1) is 25.6 Å². The van der Waals surface area contributed by atoms with E-state index >= 15 is 0 Å². The first-order valence-electron chi connectivity index (χ1n) is 14.7. The van der Waals surface area contributed by atoms with Gasteiger partial charge >= 0.3 is 0 Å². The number of ketones is 2. The standard InChI is InChI=1S/C34H27N5O10S2/c1-48-28-14-18(7-11-25(28)36-38-27-17-30(50(42,43)44)23-5-3-4-6-24(23)33(27)40)19-8-12-26(29(15-19)49-2)37-39-32-31(51(45,46)47)16-20-13-21(35)9-10-22(20)34(32)41/h3-17,36-37H,35H2,1-2H3,(H,42,43,44)(H,45,46,47)/b38-27-,39-32+. The van der Waals surface area contributed by atoms with E-state index in [1.807, 2.05) is 0 Å². The van der Waals surface area contributed by atoms with Gasteiger partial charge in [-0.3, -0.25) is 29.5 Å². The first-order valence-corrected chi connectivity index (χ1v) is 17.6. The molecule has 6 rings (SSSR count). The third-order valence-corrected chi connectivity index (χ3v) is 9.63. The number of allylic oxidation sites excluding steroid dienone is 2. The van der Waals surface area contributed by atoms with E-state index in [4.69, 9.17) is 15.2 Å². The van der Waals surface area contributed by atoms with Crippen molar-refractivity contribution in [1.29, 1.82) is 0 Å². The van der Waals surface area contributed by atoms with Crippen molar-refractivity contribution in [2.24, 2.45) is 10.2 Å². The summed E-state index contributed by atoms with van der Waals surface area (Å²) in [5.74, 6) is -0.744. The molecule has 0 aromatic heterocycles. The highest BCUT2D eigenvalue weighted by atomic mass is 32.2. The second kappa shape index (κ2) is 13.3. The fourth-order valence-corrected chi connectivity index (χ4v) is 6.79. The fourth-order valence-electron chi connectivity index (χ4n) is 5.42. The Labute approximate surface area is 291 Å². The molecule has 260 valence electrons. The normalized spacial score (nSPS) is 15.8. The van der Waals surface area contributed by atoms with Gasteiger partial charge in [-0.05, 0) is 71.3 Å². The van der Waals surface area contributed by atoms with Crippen LogP contribution >= 0.6 is 0 Å². The van der Waals surface area contributed by atoms with Gasteiger partial charge in [0.25, 0.3) is 20.2 Å². The Morgan fingerprint density at radius 3 is 1.78 bits per heavy atom. The smallest absolute Gasteiger partial charge is 0.296 e. The van der Waals surface area contributed by atoms with Crippen molar-refractivity contribution in [2.45, 2.75) is 0 Å². The highest BCUT2D eigenvalue weighted by molar-refractivity contribution is 7.95. The monoisotopic (exact) mass is 729 g/mol. The van der Waals surface area contributed by atoms with Gasteiger partial charge in [-0.25, -0.2) is 0 Å². The van der Waals surface area contributed by atoms with E-state index < -0.39 is 47.3 Å². The van der Waals surface area contributed by atoms with E-state index in [1.165, 1.54) is 44.6 Å². The molecule has 51 heavy (non-hydrogen) atoms. The number of methoxy groups -OCH3 is 2. The Kier molecular flexibility index (Phi) is 9.05. The summed E-state index contributed by atoms with van der Waals surface area (Å²) in [7, 11) is -6.71. The van der Waals surface area contributed by atoms with Crippen LogP contribution in [0.3, 0.4) is 0 Å². The van der Waals surface area contributed by atoms with Gasteiger partial charge in [0.2, 0.25) is 11.6 Å². The zero-order valence-corrected chi connectivity index (χ0v) is 28.2. The number of ether oxygens (including phenoxy) is 2. The van der Waals surface area contributed by atoms with Crippen molar-refractivity contribution < 1.29 is 45.0 Å². The number of fused-ring (bicyclic) bond motifs is 2. The van der Waals surface area contributed by atoms with Gasteiger partial charge < -0.3 is 15.2 Å². The van der Waals surface area contributed by atoms with Crippen LogP contribution in [0.4, 0.5) is 17.1 Å². The number of hydrazone groups is 2. The van der Waals surface area contributed by atoms with E-state index in [0.717, 1.165) is 12.2 Å². The second-order valence-electron chi connectivity index (χ2n) is 11.0. The molecule has 4 aromatic carbocycles. The molecule has 6 N–H and O–H groups in total. The van der Waals surface area contributed by atoms with Crippen molar-refractivity contribution in [3.05, 3.63) is 112 Å². The zero-order valence-electron chi connectivity index (χ0n) is 26.6. The molecule has 0 bridgehead atoms. The molecule has 0 aliphatic heterocycles. The van der Waals surface area contributed by atoms with Crippen LogP contribution in [0.1, 0.15) is 31.8 Å². The van der Waals surface area contributed by atoms with Crippen molar-refractivity contribution in [3.8, 4) is 22.6 Å². The third-order valence-electron chi connectivity index (χ3n) is 7.87. The summed E-state index contributed by atoms with van der Waals surface area (Å²) in [6.45, 7) is 0. The van der Waals surface area contributed by atoms with Gasteiger partial charge in [0, 0.05) is 22.4 Å². The summed E-state index contributed by atoms with van der Waals surface area (Å²) in [4.78, 5) is 25.1. The molecule has 0 fully saturated rings. The summed E-state index contributed by atoms with van der Waals surface area (Å²) in [6, 6.07) is 20.2. The molecule has 2 aliphatic rings. The maximum atomic E-state index is 13.2. The van der Waals surface area contributed by atoms with Crippen molar-refractivity contribution in [1.82, 2.24) is 0 Å². The van der Waals surface area contributed by atoms with Crippen LogP contribution in [0.5, 0.6) is 11.5 Å². The van der Waals surface area contributed by atoms with E-state index in [2.05, 4.69) is 21.1 Å². The number of nitrogens with zero attached hydrogens (tertiary/aromatic N) is 2. The number of anilines is 3. The minimum Gasteiger partial charge on any atom is -0.494 e. The Morgan fingerprint density at radius 2 is 1.22 bits per heavy atom. The number of carbonyl (C=O) groups excluding carboxylic acids is 2. The third kappa shape index (κ3) is 6.86. The van der Waals surface area contributed by atoms with Crippen LogP contribution in [0.15, 0.2) is 100 Å². The van der Waals surface area contributed by atoms with Crippen molar-refractivity contribution >= 4 is 71.3 Å². The number of hydrogen-bond donors (Lipinski definition) is 5. The summed E-state index contributed by atoms with van der Waals surface area (Å²) in [6.07, 6.45) is 2.10. The lowest BCUT2D eigenvalue weighted by Crippen LogP contribution is -2.27. The van der Waals surface area contributed by atoms with Crippen LogP contribution in [0.2, 0.25) is 0 Å². The molecule has 17 heteroatoms. The van der Waals surface area contributed by atoms with Gasteiger partial charge in [-0.15, -0.1) is 0 Å². The molecule has 15 nitrogen and oxygen atoms in total. The lowest BCUT2D eigenvalue weighted by Gasteiger charge is -2.17. The lowest BCUT2D eigenvalue weighted by atomic mass is 9.94. The molecular formula is C34H27N5O10S2. The minimum absolute atomic E-state index is 0.0605. The SMILES string of the molecule is COc1cc(-c2ccc(N/N=C3/C(=O)c4ccc(N)cc4C=C3S(=O)(=O)O)c(OC)c2)ccc1N/N=C1/C=C(S(=O)(=O)O)c2ccccc2C1=O. The number of rotatable bonds is 9. The second-order valence-corrected chi connectivity index (χ2v) is 13.8. The molecule has 0 unspecified atom stereocenters. The van der Waals surface area contributed by atoms with Crippen LogP contribution < -0.4 is 26.1 Å². The topological polar surface area (TPSA) is 236 Å². The molecule has 0 heterocycles. The van der Waals surface area contributed by atoms with E-state index in [9.17, 15) is 35.5 Å². The summed E-state index contributed by atoms with van der Waals surface area (Å²) >= 11 is 0. The quantitative estimate of drug-likeness (QED) is 0.0890. The maximum absolute atomic E-state index is 13.2. The Hall–Kier alpha value is -6.14. The molecule has 2 aliphatic carbocycles. The largest absolute Gasteiger partial charge is 0.494 e. The number of nitrogens with two attached hydrogens (primary N) is 1. The van der Waals surface area contributed by atoms with Crippen LogP contribution in [0.25, 0.3) is 22.1 Å². The highest BCUT2D eigenvalue weighted by Crippen LogP contribution is 2.36. The number of nitrogens with one attached hydrogen (secondary N) is 2.